The van der Waals surface area contributed by atoms with E-state index in [0.717, 1.165) is 13.0 Å². The molecule has 1 unspecified atom stereocenters. The highest BCUT2D eigenvalue weighted by Crippen LogP contribution is 2.20. The third kappa shape index (κ3) is 3.45. The summed E-state index contributed by atoms with van der Waals surface area (Å²) in [5.41, 5.74) is 1.22. The van der Waals surface area contributed by atoms with Gasteiger partial charge in [-0.15, -0.1) is 0 Å². The second kappa shape index (κ2) is 7.07. The quantitative estimate of drug-likeness (QED) is 0.828. The fourth-order valence-corrected chi connectivity index (χ4v) is 3.35. The summed E-state index contributed by atoms with van der Waals surface area (Å²) in [5.74, 6) is -0.111. The molecule has 1 N–H and O–H groups in total. The largest absolute Gasteiger partial charge is 0.356 e. The van der Waals surface area contributed by atoms with Crippen molar-refractivity contribution < 1.29 is 9.59 Å². The van der Waals surface area contributed by atoms with E-state index in [-0.39, 0.29) is 23.8 Å². The molecular formula is C19H25N3O2. The van der Waals surface area contributed by atoms with Crippen LogP contribution in [0.25, 0.3) is 10.9 Å². The molecular weight excluding hydrogens is 302 g/mol. The Hall–Kier alpha value is -2.30. The third-order valence-corrected chi connectivity index (χ3v) is 4.71. The van der Waals surface area contributed by atoms with Crippen molar-refractivity contribution in [2.24, 2.45) is 5.92 Å². The molecule has 0 spiro atoms. The smallest absolute Gasteiger partial charge is 0.225 e. The van der Waals surface area contributed by atoms with Crippen molar-refractivity contribution >= 4 is 22.7 Å². The van der Waals surface area contributed by atoms with E-state index in [1.54, 1.807) is 4.90 Å². The molecule has 1 aliphatic heterocycles. The maximum absolute atomic E-state index is 12.2. The van der Waals surface area contributed by atoms with Crippen molar-refractivity contribution in [2.45, 2.75) is 39.3 Å². The minimum absolute atomic E-state index is 0.00358. The predicted octanol–water partition coefficient (Wildman–Crippen LogP) is 2.40. The summed E-state index contributed by atoms with van der Waals surface area (Å²) in [5, 5.41) is 4.22. The molecule has 0 saturated carbocycles. The van der Waals surface area contributed by atoms with E-state index in [9.17, 15) is 9.59 Å². The van der Waals surface area contributed by atoms with Gasteiger partial charge in [-0.1, -0.05) is 18.2 Å². The molecule has 1 aliphatic rings. The molecule has 128 valence electrons. The fraction of sp³-hybridized carbons (Fsp3) is 0.474. The number of hydrogen-bond acceptors (Lipinski definition) is 2. The summed E-state index contributed by atoms with van der Waals surface area (Å²) in [6.45, 7) is 6.02. The van der Waals surface area contributed by atoms with Crippen LogP contribution in [0.3, 0.4) is 0 Å². The molecule has 5 heteroatoms. The summed E-state index contributed by atoms with van der Waals surface area (Å²) >= 11 is 0. The first-order valence-electron chi connectivity index (χ1n) is 8.67. The molecule has 0 bridgehead atoms. The Morgan fingerprint density at radius 3 is 2.83 bits per heavy atom. The van der Waals surface area contributed by atoms with Gasteiger partial charge in [-0.25, -0.2) is 0 Å². The van der Waals surface area contributed by atoms with E-state index in [2.05, 4.69) is 34.3 Å². The van der Waals surface area contributed by atoms with Crippen LogP contribution in [0.1, 0.15) is 26.7 Å². The van der Waals surface area contributed by atoms with E-state index >= 15 is 0 Å². The van der Waals surface area contributed by atoms with Gasteiger partial charge in [-0.3, -0.25) is 9.59 Å². The van der Waals surface area contributed by atoms with E-state index < -0.39 is 0 Å². The maximum atomic E-state index is 12.2. The second-order valence-corrected chi connectivity index (χ2v) is 6.75. The monoisotopic (exact) mass is 327 g/mol. The van der Waals surface area contributed by atoms with E-state index in [1.165, 1.54) is 10.9 Å². The second-order valence-electron chi connectivity index (χ2n) is 6.75. The number of carbonyl (C=O) groups excluding carboxylic acids is 2. The van der Waals surface area contributed by atoms with Gasteiger partial charge >= 0.3 is 0 Å². The van der Waals surface area contributed by atoms with Gasteiger partial charge in [0.05, 0.1) is 5.92 Å². The van der Waals surface area contributed by atoms with Crippen LogP contribution < -0.4 is 5.32 Å². The highest BCUT2D eigenvalue weighted by Gasteiger charge is 2.35. The van der Waals surface area contributed by atoms with Gasteiger partial charge in [-0.05, 0) is 37.8 Å². The molecule has 1 aromatic carbocycles. The minimum Gasteiger partial charge on any atom is -0.356 e. The SMILES string of the molecule is CC(C)N1CC(C(=O)NCCCn2ccc3ccccc32)CC1=O. The molecule has 1 fully saturated rings. The van der Waals surface area contributed by atoms with Gasteiger partial charge in [0.2, 0.25) is 11.8 Å². The van der Waals surface area contributed by atoms with Crippen LogP contribution in [0.15, 0.2) is 36.5 Å². The summed E-state index contributed by atoms with van der Waals surface area (Å²) in [4.78, 5) is 25.9. The average Bonchev–Trinajstić information content (AvgIpc) is 3.15. The number of benzene rings is 1. The Balaban J connectivity index is 1.45. The lowest BCUT2D eigenvalue weighted by atomic mass is 10.1. The zero-order valence-corrected chi connectivity index (χ0v) is 14.4. The first kappa shape index (κ1) is 16.6. The van der Waals surface area contributed by atoms with Crippen LogP contribution in [-0.4, -0.2) is 40.4 Å². The Morgan fingerprint density at radius 1 is 1.29 bits per heavy atom. The number of para-hydroxylation sites is 1. The number of nitrogens with zero attached hydrogens (tertiary/aromatic N) is 2. The highest BCUT2D eigenvalue weighted by atomic mass is 16.2. The van der Waals surface area contributed by atoms with Crippen molar-refractivity contribution in [1.82, 2.24) is 14.8 Å². The Kier molecular flexibility index (Phi) is 4.88. The maximum Gasteiger partial charge on any atom is 0.225 e. The topological polar surface area (TPSA) is 54.3 Å². The van der Waals surface area contributed by atoms with Gasteiger partial charge in [0.1, 0.15) is 0 Å². The summed E-state index contributed by atoms with van der Waals surface area (Å²) < 4.78 is 2.21. The summed E-state index contributed by atoms with van der Waals surface area (Å²) in [6.07, 6.45) is 3.30. The summed E-state index contributed by atoms with van der Waals surface area (Å²) in [6, 6.07) is 10.6. The van der Waals surface area contributed by atoms with Crippen molar-refractivity contribution in [3.05, 3.63) is 36.5 Å². The van der Waals surface area contributed by atoms with Gasteiger partial charge in [0.25, 0.3) is 0 Å². The lowest BCUT2D eigenvalue weighted by Gasteiger charge is -2.20. The molecule has 1 saturated heterocycles. The fourth-order valence-electron chi connectivity index (χ4n) is 3.35. The van der Waals surface area contributed by atoms with E-state index in [0.29, 0.717) is 19.5 Å². The molecule has 0 aliphatic carbocycles. The molecule has 2 amide bonds. The number of hydrogen-bond donors (Lipinski definition) is 1. The molecule has 0 radical (unpaired) electrons. The van der Waals surface area contributed by atoms with Crippen LogP contribution in [0, 0.1) is 5.92 Å². The number of carbonyl (C=O) groups is 2. The predicted molar refractivity (Wildman–Crippen MR) is 94.5 cm³/mol. The van der Waals surface area contributed by atoms with Crippen LogP contribution >= 0.6 is 0 Å². The van der Waals surface area contributed by atoms with Gasteiger partial charge in [0.15, 0.2) is 0 Å². The van der Waals surface area contributed by atoms with E-state index in [4.69, 9.17) is 0 Å². The number of nitrogens with one attached hydrogen (secondary N) is 1. The third-order valence-electron chi connectivity index (χ3n) is 4.71. The number of likely N-dealkylation sites (tertiary alicyclic amines) is 1. The normalized spacial score (nSPS) is 17.9. The van der Waals surface area contributed by atoms with Crippen LogP contribution in [-0.2, 0) is 16.1 Å². The number of fused-ring (bicyclic) bond motifs is 1. The summed E-state index contributed by atoms with van der Waals surface area (Å²) in [7, 11) is 0. The van der Waals surface area contributed by atoms with Crippen molar-refractivity contribution in [2.75, 3.05) is 13.1 Å². The Labute approximate surface area is 142 Å². The van der Waals surface area contributed by atoms with Crippen molar-refractivity contribution in [1.29, 1.82) is 0 Å². The Bertz CT molecular complexity index is 735. The average molecular weight is 327 g/mol. The highest BCUT2D eigenvalue weighted by molar-refractivity contribution is 5.89. The van der Waals surface area contributed by atoms with Crippen LogP contribution in [0.5, 0.6) is 0 Å². The minimum atomic E-state index is -0.202. The van der Waals surface area contributed by atoms with Crippen LogP contribution in [0.4, 0.5) is 0 Å². The molecule has 2 heterocycles. The van der Waals surface area contributed by atoms with Gasteiger partial charge < -0.3 is 14.8 Å². The molecule has 24 heavy (non-hydrogen) atoms. The lowest BCUT2D eigenvalue weighted by Crippen LogP contribution is -2.36. The number of aryl methyl sites for hydroxylation is 1. The van der Waals surface area contributed by atoms with Crippen LogP contribution in [0.2, 0.25) is 0 Å². The first-order chi connectivity index (χ1) is 11.6. The van der Waals surface area contributed by atoms with E-state index in [1.807, 2.05) is 26.0 Å². The Morgan fingerprint density at radius 2 is 2.08 bits per heavy atom. The standard InChI is InChI=1S/C19H25N3O2/c1-14(2)22-13-16(12-18(22)23)19(24)20-9-5-10-21-11-8-15-6-3-4-7-17(15)21/h3-4,6-8,11,14,16H,5,9-10,12-13H2,1-2H3,(H,20,24). The number of amides is 2. The molecule has 3 rings (SSSR count). The molecule has 1 atom stereocenters. The number of aromatic nitrogens is 1. The molecule has 2 aromatic rings. The van der Waals surface area contributed by atoms with Gasteiger partial charge in [0, 0.05) is 43.8 Å². The molecule has 5 nitrogen and oxygen atoms in total. The zero-order valence-electron chi connectivity index (χ0n) is 14.4. The first-order valence-corrected chi connectivity index (χ1v) is 8.67. The lowest BCUT2D eigenvalue weighted by molar-refractivity contribution is -0.129. The number of rotatable bonds is 6. The van der Waals surface area contributed by atoms with Crippen molar-refractivity contribution in [3.63, 3.8) is 0 Å². The molecule has 1 aromatic heterocycles. The van der Waals surface area contributed by atoms with Gasteiger partial charge in [-0.2, -0.15) is 0 Å². The zero-order chi connectivity index (χ0) is 17.1. The van der Waals surface area contributed by atoms with Crippen molar-refractivity contribution in [3.8, 4) is 0 Å².